The zero-order valence-electron chi connectivity index (χ0n) is 11.8. The second-order valence-electron chi connectivity index (χ2n) is 5.05. The Balaban J connectivity index is 2.22. The third kappa shape index (κ3) is 3.60. The molecule has 0 aliphatic carbocycles. The van der Waals surface area contributed by atoms with Gasteiger partial charge in [0.15, 0.2) is 0 Å². The molecule has 0 amide bonds. The summed E-state index contributed by atoms with van der Waals surface area (Å²) in [4.78, 5) is 0.190. The minimum absolute atomic E-state index is 0.142. The Morgan fingerprint density at radius 2 is 2.05 bits per heavy atom. The Morgan fingerprint density at radius 1 is 1.38 bits per heavy atom. The molecule has 2 rings (SSSR count). The van der Waals surface area contributed by atoms with E-state index in [1.165, 1.54) is 16.4 Å². The fourth-order valence-corrected chi connectivity index (χ4v) is 3.87. The average Bonchev–Trinajstić information content (AvgIpc) is 2.47. The molecule has 1 aliphatic heterocycles. The first-order chi connectivity index (χ1) is 9.97. The maximum absolute atomic E-state index is 12.6. The molecule has 1 aromatic carbocycles. The molecule has 21 heavy (non-hydrogen) atoms. The summed E-state index contributed by atoms with van der Waals surface area (Å²) in [6.07, 6.45) is -0.508. The van der Waals surface area contributed by atoms with Crippen LogP contribution in [0.1, 0.15) is 12.5 Å². The van der Waals surface area contributed by atoms with E-state index in [2.05, 4.69) is 0 Å². The van der Waals surface area contributed by atoms with Gasteiger partial charge in [-0.1, -0.05) is 12.1 Å². The number of hydrogen-bond donors (Lipinski definition) is 1. The zero-order valence-corrected chi connectivity index (χ0v) is 12.6. The molecular weight excluding hydrogens is 292 g/mol. The summed E-state index contributed by atoms with van der Waals surface area (Å²) < 4.78 is 32.0. The highest BCUT2D eigenvalue weighted by molar-refractivity contribution is 7.89. The van der Waals surface area contributed by atoms with Gasteiger partial charge in [0.05, 0.1) is 36.2 Å². The van der Waals surface area contributed by atoms with Crippen LogP contribution in [0, 0.1) is 11.3 Å². The number of nitrogens with zero attached hydrogens (tertiary/aromatic N) is 2. The van der Waals surface area contributed by atoms with Crippen molar-refractivity contribution in [2.24, 2.45) is 0 Å². The first-order valence-electron chi connectivity index (χ1n) is 6.69. The van der Waals surface area contributed by atoms with Crippen molar-refractivity contribution in [3.8, 4) is 6.07 Å². The normalized spacial score (nSPS) is 23.7. The molecule has 1 aromatic rings. The van der Waals surface area contributed by atoms with Gasteiger partial charge in [-0.3, -0.25) is 0 Å². The molecule has 0 spiro atoms. The third-order valence-electron chi connectivity index (χ3n) is 3.34. The Morgan fingerprint density at radius 3 is 2.62 bits per heavy atom. The summed E-state index contributed by atoms with van der Waals surface area (Å²) in [7, 11) is -3.61. The maximum atomic E-state index is 12.6. The highest BCUT2D eigenvalue weighted by Gasteiger charge is 2.33. The predicted molar refractivity (Wildman–Crippen MR) is 75.9 cm³/mol. The number of hydrogen-bond acceptors (Lipinski definition) is 5. The van der Waals surface area contributed by atoms with E-state index in [0.29, 0.717) is 0 Å². The Labute approximate surface area is 124 Å². The molecule has 1 aliphatic rings. The lowest BCUT2D eigenvalue weighted by Gasteiger charge is -2.35. The zero-order chi connectivity index (χ0) is 15.5. The molecule has 2 atom stereocenters. The molecular formula is C14H18N2O4S. The number of aliphatic hydroxyl groups is 1. The van der Waals surface area contributed by atoms with Crippen LogP contribution in [0.4, 0.5) is 0 Å². The van der Waals surface area contributed by atoms with Gasteiger partial charge in [-0.15, -0.1) is 0 Å². The second kappa shape index (κ2) is 6.54. The molecule has 0 radical (unpaired) electrons. The van der Waals surface area contributed by atoms with Crippen molar-refractivity contribution in [1.82, 2.24) is 4.31 Å². The van der Waals surface area contributed by atoms with Gasteiger partial charge < -0.3 is 9.84 Å². The topological polar surface area (TPSA) is 90.6 Å². The Bertz CT molecular complexity index is 621. The van der Waals surface area contributed by atoms with Crippen LogP contribution in [0.25, 0.3) is 0 Å². The molecule has 2 unspecified atom stereocenters. The fraction of sp³-hybridized carbons (Fsp3) is 0.500. The van der Waals surface area contributed by atoms with Crippen molar-refractivity contribution in [2.75, 3.05) is 19.7 Å². The van der Waals surface area contributed by atoms with Crippen LogP contribution in [0.2, 0.25) is 0 Å². The van der Waals surface area contributed by atoms with E-state index in [1.54, 1.807) is 19.1 Å². The highest BCUT2D eigenvalue weighted by atomic mass is 32.2. The van der Waals surface area contributed by atoms with Crippen LogP contribution in [-0.2, 0) is 21.2 Å². The predicted octanol–water partition coefficient (Wildman–Crippen LogP) is 0.523. The number of sulfonamides is 1. The smallest absolute Gasteiger partial charge is 0.243 e. The summed E-state index contributed by atoms with van der Waals surface area (Å²) >= 11 is 0. The maximum Gasteiger partial charge on any atom is 0.243 e. The molecule has 0 aromatic heterocycles. The van der Waals surface area contributed by atoms with Gasteiger partial charge >= 0.3 is 0 Å². The van der Waals surface area contributed by atoms with Gasteiger partial charge in [-0.2, -0.15) is 9.57 Å². The van der Waals surface area contributed by atoms with Crippen molar-refractivity contribution >= 4 is 10.0 Å². The molecule has 0 bridgehead atoms. The highest BCUT2D eigenvalue weighted by Crippen LogP contribution is 2.21. The van der Waals surface area contributed by atoms with Gasteiger partial charge in [0.25, 0.3) is 0 Å². The van der Waals surface area contributed by atoms with Crippen molar-refractivity contribution in [3.05, 3.63) is 29.8 Å². The molecule has 7 heteroatoms. The minimum atomic E-state index is -3.61. The lowest BCUT2D eigenvalue weighted by molar-refractivity contribution is -0.0750. The lowest BCUT2D eigenvalue weighted by atomic mass is 10.2. The quantitative estimate of drug-likeness (QED) is 0.875. The molecule has 6 nitrogen and oxygen atoms in total. The first-order valence-corrected chi connectivity index (χ1v) is 8.13. The van der Waals surface area contributed by atoms with E-state index in [9.17, 15) is 13.5 Å². The number of aliphatic hydroxyl groups excluding tert-OH is 1. The molecule has 1 saturated heterocycles. The largest absolute Gasteiger partial charge is 0.394 e. The second-order valence-corrected chi connectivity index (χ2v) is 6.99. The summed E-state index contributed by atoms with van der Waals surface area (Å²) in [6, 6.07) is 8.33. The first kappa shape index (κ1) is 15.9. The third-order valence-corrected chi connectivity index (χ3v) is 5.19. The summed E-state index contributed by atoms with van der Waals surface area (Å²) in [5.74, 6) is 0. The van der Waals surface area contributed by atoms with Gasteiger partial charge in [-0.25, -0.2) is 8.42 Å². The van der Waals surface area contributed by atoms with Crippen LogP contribution < -0.4 is 0 Å². The summed E-state index contributed by atoms with van der Waals surface area (Å²) in [6.45, 7) is 1.97. The van der Waals surface area contributed by atoms with Crippen LogP contribution in [-0.4, -0.2) is 49.7 Å². The van der Waals surface area contributed by atoms with Crippen LogP contribution in [0.3, 0.4) is 0 Å². The van der Waals surface area contributed by atoms with Gasteiger partial charge in [0.2, 0.25) is 10.0 Å². The van der Waals surface area contributed by atoms with E-state index in [1.807, 2.05) is 6.07 Å². The monoisotopic (exact) mass is 310 g/mol. The minimum Gasteiger partial charge on any atom is -0.394 e. The van der Waals surface area contributed by atoms with Gasteiger partial charge in [0, 0.05) is 13.1 Å². The Kier molecular flexibility index (Phi) is 4.96. The van der Waals surface area contributed by atoms with Crippen LogP contribution >= 0.6 is 0 Å². The summed E-state index contributed by atoms with van der Waals surface area (Å²) in [5, 5.41) is 17.8. The molecule has 1 fully saturated rings. The SMILES string of the molecule is CC1CN(S(=O)(=O)c2ccc(CC#N)cc2)CC(CO)O1. The van der Waals surface area contributed by atoms with E-state index in [-0.39, 0.29) is 37.1 Å². The molecule has 1 N–H and O–H groups in total. The van der Waals surface area contributed by atoms with E-state index in [0.717, 1.165) is 5.56 Å². The van der Waals surface area contributed by atoms with E-state index in [4.69, 9.17) is 10.00 Å². The molecule has 0 saturated carbocycles. The van der Waals surface area contributed by atoms with Crippen molar-refractivity contribution in [3.63, 3.8) is 0 Å². The van der Waals surface area contributed by atoms with Gasteiger partial charge in [-0.05, 0) is 24.6 Å². The van der Waals surface area contributed by atoms with Crippen molar-refractivity contribution in [1.29, 1.82) is 5.26 Å². The van der Waals surface area contributed by atoms with E-state index < -0.39 is 16.1 Å². The summed E-state index contributed by atoms with van der Waals surface area (Å²) in [5.41, 5.74) is 0.778. The van der Waals surface area contributed by atoms with E-state index >= 15 is 0 Å². The molecule has 114 valence electrons. The number of nitriles is 1. The number of benzene rings is 1. The van der Waals surface area contributed by atoms with Crippen LogP contribution in [0.5, 0.6) is 0 Å². The lowest BCUT2D eigenvalue weighted by Crippen LogP contribution is -2.50. The van der Waals surface area contributed by atoms with Gasteiger partial charge in [0.1, 0.15) is 0 Å². The van der Waals surface area contributed by atoms with Crippen molar-refractivity contribution < 1.29 is 18.3 Å². The molecule has 1 heterocycles. The average molecular weight is 310 g/mol. The fourth-order valence-electron chi connectivity index (χ4n) is 2.32. The standard InChI is InChI=1S/C14H18N2O4S/c1-11-8-16(9-13(10-17)20-11)21(18,19)14-4-2-12(3-5-14)6-7-15/h2-5,11,13,17H,6,8-10H2,1H3. The number of morpholine rings is 1. The number of ether oxygens (including phenoxy) is 1. The Hall–Kier alpha value is -1.46. The number of rotatable bonds is 4. The van der Waals surface area contributed by atoms with Crippen molar-refractivity contribution in [2.45, 2.75) is 30.4 Å². The van der Waals surface area contributed by atoms with Crippen LogP contribution in [0.15, 0.2) is 29.2 Å².